The fraction of sp³-hybridized carbons (Fsp3) is 0.600. The van der Waals surface area contributed by atoms with Crippen LogP contribution in [-0.2, 0) is 9.53 Å². The van der Waals surface area contributed by atoms with Crippen molar-refractivity contribution < 1.29 is 9.53 Å². The second-order valence-corrected chi connectivity index (χ2v) is 5.41. The van der Waals surface area contributed by atoms with Crippen molar-refractivity contribution in [3.63, 3.8) is 0 Å². The van der Waals surface area contributed by atoms with Gasteiger partial charge in [0.2, 0.25) is 0 Å². The highest BCUT2D eigenvalue weighted by atomic mass is 32.2. The Kier molecular flexibility index (Phi) is 2.96. The summed E-state index contributed by atoms with van der Waals surface area (Å²) >= 11 is 0. The molecular formula is C10H16O2S. The van der Waals surface area contributed by atoms with E-state index < -0.39 is 0 Å². The van der Waals surface area contributed by atoms with Crippen molar-refractivity contribution in [1.82, 2.24) is 0 Å². The van der Waals surface area contributed by atoms with Crippen LogP contribution in [0.25, 0.3) is 0 Å². The minimum atomic E-state index is -0.208. The van der Waals surface area contributed by atoms with Crippen molar-refractivity contribution in [2.75, 3.05) is 0 Å². The molecule has 3 unspecified atom stereocenters. The maximum Gasteiger partial charge on any atom is 0.169 e. The summed E-state index contributed by atoms with van der Waals surface area (Å²) in [4.78, 5) is 12.1. The Morgan fingerprint density at radius 3 is 2.54 bits per heavy atom. The van der Waals surface area contributed by atoms with E-state index in [-0.39, 0.29) is 22.4 Å². The summed E-state index contributed by atoms with van der Waals surface area (Å²) in [7, 11) is -0.208. The highest BCUT2D eigenvalue weighted by Gasteiger charge is 2.28. The van der Waals surface area contributed by atoms with Gasteiger partial charge in [-0.1, -0.05) is 5.87 Å². The van der Waals surface area contributed by atoms with E-state index >= 15 is 0 Å². The fourth-order valence-electron chi connectivity index (χ4n) is 1.46. The van der Waals surface area contributed by atoms with Crippen LogP contribution in [0.5, 0.6) is 0 Å². The molecule has 0 N–H and O–H groups in total. The molecule has 3 heteroatoms. The van der Waals surface area contributed by atoms with Gasteiger partial charge in [0.25, 0.3) is 0 Å². The number of allylic oxidation sites excluding steroid dienone is 2. The zero-order valence-corrected chi connectivity index (χ0v) is 9.40. The van der Waals surface area contributed by atoms with Crippen LogP contribution in [0.15, 0.2) is 10.7 Å². The molecule has 74 valence electrons. The summed E-state index contributed by atoms with van der Waals surface area (Å²) < 4.78 is 5.57. The third kappa shape index (κ3) is 1.85. The lowest BCUT2D eigenvalue weighted by Gasteiger charge is -2.31. The number of hydrogen-bond donors (Lipinski definition) is 0. The van der Waals surface area contributed by atoms with Gasteiger partial charge in [-0.3, -0.25) is 4.79 Å². The van der Waals surface area contributed by atoms with Gasteiger partial charge in [0.15, 0.2) is 5.78 Å². The molecule has 0 aromatic carbocycles. The van der Waals surface area contributed by atoms with E-state index in [1.807, 2.05) is 13.8 Å². The van der Waals surface area contributed by atoms with Gasteiger partial charge in [-0.2, -0.15) is 0 Å². The standard InChI is InChI=1S/C10H16O2S/c1-6(11)10-8(3)12-7(2)9(4)13(10)5/h7,9H,5H2,1-4H3. The quantitative estimate of drug-likeness (QED) is 0.607. The number of rotatable bonds is 1. The lowest BCUT2D eigenvalue weighted by Crippen LogP contribution is -2.27. The number of ether oxygens (including phenoxy) is 1. The molecule has 0 saturated heterocycles. The molecular weight excluding hydrogens is 184 g/mol. The van der Waals surface area contributed by atoms with Crippen LogP contribution in [0.4, 0.5) is 0 Å². The zero-order chi connectivity index (χ0) is 10.2. The molecule has 0 aromatic heterocycles. The lowest BCUT2D eigenvalue weighted by molar-refractivity contribution is -0.113. The topological polar surface area (TPSA) is 26.3 Å². The SMILES string of the molecule is C=S1C(C(C)=O)=C(C)OC(C)C1C. The summed E-state index contributed by atoms with van der Waals surface area (Å²) in [6, 6.07) is 0. The first kappa shape index (κ1) is 10.5. The summed E-state index contributed by atoms with van der Waals surface area (Å²) in [5.74, 6) is 4.90. The second kappa shape index (κ2) is 3.66. The maximum absolute atomic E-state index is 11.3. The Balaban J connectivity index is 3.11. The third-order valence-electron chi connectivity index (χ3n) is 2.37. The molecule has 1 rings (SSSR count). The van der Waals surface area contributed by atoms with Crippen LogP contribution in [-0.4, -0.2) is 23.0 Å². The molecule has 0 saturated carbocycles. The number of Topliss-reactive ketones (excluding diaryl/α,β-unsaturated/α-hetero) is 1. The zero-order valence-electron chi connectivity index (χ0n) is 8.59. The molecule has 0 aliphatic carbocycles. The van der Waals surface area contributed by atoms with Gasteiger partial charge < -0.3 is 4.74 Å². The molecule has 1 aliphatic heterocycles. The van der Waals surface area contributed by atoms with Gasteiger partial charge in [-0.25, -0.2) is 0 Å². The lowest BCUT2D eigenvalue weighted by atomic mass is 10.3. The average Bonchev–Trinajstić information content (AvgIpc) is 1.99. The van der Waals surface area contributed by atoms with Gasteiger partial charge in [0.1, 0.15) is 11.9 Å². The molecule has 0 spiro atoms. The molecule has 1 aliphatic rings. The van der Waals surface area contributed by atoms with Gasteiger partial charge in [-0.05, 0) is 27.7 Å². The smallest absolute Gasteiger partial charge is 0.169 e. The molecule has 1 heterocycles. The number of carbonyl (C=O) groups excluding carboxylic acids is 1. The van der Waals surface area contributed by atoms with Crippen molar-refractivity contribution in [2.24, 2.45) is 0 Å². The van der Waals surface area contributed by atoms with Crippen molar-refractivity contribution in [3.05, 3.63) is 10.7 Å². The summed E-state index contributed by atoms with van der Waals surface area (Å²) in [5, 5.41) is 0.336. The summed E-state index contributed by atoms with van der Waals surface area (Å²) in [5.41, 5.74) is 0. The van der Waals surface area contributed by atoms with Crippen molar-refractivity contribution in [1.29, 1.82) is 0 Å². The van der Waals surface area contributed by atoms with Crippen LogP contribution in [0, 0.1) is 0 Å². The van der Waals surface area contributed by atoms with Gasteiger partial charge in [0, 0.05) is 5.25 Å². The van der Waals surface area contributed by atoms with Crippen LogP contribution in [0.1, 0.15) is 27.7 Å². The Hall–Kier alpha value is -0.570. The summed E-state index contributed by atoms with van der Waals surface area (Å²) in [6.45, 7) is 7.53. The molecule has 0 aromatic rings. The number of ketones is 1. The summed E-state index contributed by atoms with van der Waals surface area (Å²) in [6.07, 6.45) is 0.170. The van der Waals surface area contributed by atoms with Crippen molar-refractivity contribution in [2.45, 2.75) is 39.0 Å². The van der Waals surface area contributed by atoms with E-state index in [2.05, 4.69) is 12.8 Å². The van der Waals surface area contributed by atoms with Crippen molar-refractivity contribution >= 4 is 22.1 Å². The van der Waals surface area contributed by atoms with E-state index in [9.17, 15) is 4.79 Å². The minimum Gasteiger partial charge on any atom is -0.493 e. The Morgan fingerprint density at radius 1 is 1.54 bits per heavy atom. The highest BCUT2D eigenvalue weighted by Crippen LogP contribution is 2.39. The largest absolute Gasteiger partial charge is 0.493 e. The fourth-order valence-corrected chi connectivity index (χ4v) is 3.14. The predicted octanol–water partition coefficient (Wildman–Crippen LogP) is 2.32. The van der Waals surface area contributed by atoms with Crippen LogP contribution >= 0.6 is 10.5 Å². The molecule has 3 atom stereocenters. The molecule has 0 fully saturated rings. The van der Waals surface area contributed by atoms with E-state index in [1.165, 1.54) is 0 Å². The first-order valence-corrected chi connectivity index (χ1v) is 5.82. The Morgan fingerprint density at radius 2 is 2.08 bits per heavy atom. The van der Waals surface area contributed by atoms with Gasteiger partial charge >= 0.3 is 0 Å². The Labute approximate surface area is 81.9 Å². The van der Waals surface area contributed by atoms with E-state index in [4.69, 9.17) is 4.74 Å². The highest BCUT2D eigenvalue weighted by molar-refractivity contribution is 8.18. The normalized spacial score (nSPS) is 34.3. The van der Waals surface area contributed by atoms with Crippen LogP contribution < -0.4 is 0 Å². The third-order valence-corrected chi connectivity index (χ3v) is 4.75. The molecule has 0 bridgehead atoms. The van der Waals surface area contributed by atoms with Crippen LogP contribution in [0.2, 0.25) is 0 Å². The van der Waals surface area contributed by atoms with Crippen molar-refractivity contribution in [3.8, 4) is 0 Å². The Bertz CT molecular complexity index is 291. The maximum atomic E-state index is 11.3. The molecule has 0 radical (unpaired) electrons. The monoisotopic (exact) mass is 200 g/mol. The van der Waals surface area contributed by atoms with Crippen LogP contribution in [0.3, 0.4) is 0 Å². The first-order chi connectivity index (χ1) is 5.95. The first-order valence-electron chi connectivity index (χ1n) is 4.36. The van der Waals surface area contributed by atoms with E-state index in [0.29, 0.717) is 5.25 Å². The molecule has 2 nitrogen and oxygen atoms in total. The predicted molar refractivity (Wildman–Crippen MR) is 58.1 cm³/mol. The minimum absolute atomic E-state index is 0.0922. The van der Waals surface area contributed by atoms with Gasteiger partial charge in [0.05, 0.1) is 4.91 Å². The van der Waals surface area contributed by atoms with E-state index in [0.717, 1.165) is 10.7 Å². The molecule has 13 heavy (non-hydrogen) atoms. The average molecular weight is 200 g/mol. The van der Waals surface area contributed by atoms with E-state index in [1.54, 1.807) is 6.92 Å². The van der Waals surface area contributed by atoms with Gasteiger partial charge in [-0.15, -0.1) is 10.5 Å². The second-order valence-electron chi connectivity index (χ2n) is 3.40. The number of hydrogen-bond acceptors (Lipinski definition) is 2. The molecule has 0 amide bonds. The number of carbonyl (C=O) groups is 1.